The van der Waals surface area contributed by atoms with E-state index in [2.05, 4.69) is 0 Å². The van der Waals surface area contributed by atoms with E-state index in [9.17, 15) is 13.2 Å². The zero-order valence-electron chi connectivity index (χ0n) is 13.3. The molecule has 0 bridgehead atoms. The molecule has 3 aromatic carbocycles. The topological polar surface area (TPSA) is 13.1 Å². The Kier molecular flexibility index (Phi) is 3.75. The Morgan fingerprint density at radius 2 is 1.44 bits per heavy atom. The van der Waals surface area contributed by atoms with Gasteiger partial charge >= 0.3 is 6.18 Å². The number of rotatable bonds is 3. The minimum atomic E-state index is -4.28. The van der Waals surface area contributed by atoms with Gasteiger partial charge in [-0.1, -0.05) is 60.7 Å². The van der Waals surface area contributed by atoms with Crippen LogP contribution in [0.25, 0.3) is 21.7 Å². The molecule has 25 heavy (non-hydrogen) atoms. The number of furan rings is 1. The van der Waals surface area contributed by atoms with Crippen molar-refractivity contribution in [2.75, 3.05) is 0 Å². The lowest BCUT2D eigenvalue weighted by Gasteiger charge is -2.20. The number of benzene rings is 3. The summed E-state index contributed by atoms with van der Waals surface area (Å²) in [4.78, 5) is 0. The first-order valence-corrected chi connectivity index (χ1v) is 8.03. The highest BCUT2D eigenvalue weighted by Gasteiger charge is 2.35. The third-order valence-corrected chi connectivity index (χ3v) is 4.52. The molecule has 0 aliphatic carbocycles. The van der Waals surface area contributed by atoms with Crippen LogP contribution in [0.2, 0.25) is 0 Å². The smallest absolute Gasteiger partial charge is 0.390 e. The van der Waals surface area contributed by atoms with Crippen LogP contribution in [0.15, 0.2) is 77.4 Å². The van der Waals surface area contributed by atoms with Crippen LogP contribution < -0.4 is 0 Å². The highest BCUT2D eigenvalue weighted by Crippen LogP contribution is 2.41. The van der Waals surface area contributed by atoms with Crippen molar-refractivity contribution in [3.05, 3.63) is 84.1 Å². The minimum Gasteiger partial charge on any atom is -0.464 e. The van der Waals surface area contributed by atoms with Crippen molar-refractivity contribution in [2.24, 2.45) is 0 Å². The van der Waals surface area contributed by atoms with Gasteiger partial charge in [-0.2, -0.15) is 13.2 Å². The van der Waals surface area contributed by atoms with Gasteiger partial charge in [-0.05, 0) is 22.4 Å². The fraction of sp³-hybridized carbons (Fsp3) is 0.143. The molecule has 0 aliphatic rings. The number of fused-ring (bicyclic) bond motifs is 2. The van der Waals surface area contributed by atoms with E-state index in [4.69, 9.17) is 4.42 Å². The molecular formula is C21H15F3O. The molecule has 4 rings (SSSR count). The summed E-state index contributed by atoms with van der Waals surface area (Å²) in [5, 5.41) is 2.49. The Labute approximate surface area is 142 Å². The van der Waals surface area contributed by atoms with Gasteiger partial charge in [0.25, 0.3) is 0 Å². The van der Waals surface area contributed by atoms with Gasteiger partial charge < -0.3 is 4.42 Å². The number of alkyl halides is 3. The first-order valence-electron chi connectivity index (χ1n) is 8.03. The summed E-state index contributed by atoms with van der Waals surface area (Å²) in [5.74, 6) is -0.810. The van der Waals surface area contributed by atoms with Crippen LogP contribution in [-0.4, -0.2) is 6.18 Å². The minimum absolute atomic E-state index is 0.573. The second-order valence-electron chi connectivity index (χ2n) is 6.13. The summed E-state index contributed by atoms with van der Waals surface area (Å²) < 4.78 is 45.6. The highest BCUT2D eigenvalue weighted by molar-refractivity contribution is 5.88. The van der Waals surface area contributed by atoms with Crippen LogP contribution in [0.1, 0.15) is 23.5 Å². The van der Waals surface area contributed by atoms with Crippen LogP contribution in [0.3, 0.4) is 0 Å². The summed E-state index contributed by atoms with van der Waals surface area (Å²) in [6.45, 7) is 0. The van der Waals surface area contributed by atoms with Crippen LogP contribution >= 0.6 is 0 Å². The number of halogens is 3. The molecule has 0 N–H and O–H groups in total. The highest BCUT2D eigenvalue weighted by atomic mass is 19.4. The molecule has 4 aromatic rings. The van der Waals surface area contributed by atoms with Crippen LogP contribution in [-0.2, 0) is 0 Å². The van der Waals surface area contributed by atoms with Crippen molar-refractivity contribution in [1.29, 1.82) is 0 Å². The fourth-order valence-corrected chi connectivity index (χ4v) is 3.44. The Hall–Kier alpha value is -2.75. The predicted octanol–water partition coefficient (Wildman–Crippen LogP) is 6.67. The molecule has 0 fully saturated rings. The van der Waals surface area contributed by atoms with E-state index in [1.807, 2.05) is 54.6 Å². The molecule has 0 aliphatic heterocycles. The Bertz CT molecular complexity index is 1020. The Morgan fingerprint density at radius 1 is 0.760 bits per heavy atom. The SMILES string of the molecule is FC(F)(F)C[C@H](c1cccc2ccccc12)c1coc2ccccc12. The quantitative estimate of drug-likeness (QED) is 0.406. The van der Waals surface area contributed by atoms with Crippen molar-refractivity contribution >= 4 is 21.7 Å². The number of hydrogen-bond acceptors (Lipinski definition) is 1. The average molecular weight is 340 g/mol. The molecule has 1 aromatic heterocycles. The molecular weight excluding hydrogens is 325 g/mol. The van der Waals surface area contributed by atoms with E-state index in [0.29, 0.717) is 16.7 Å². The molecule has 0 saturated heterocycles. The van der Waals surface area contributed by atoms with E-state index in [0.717, 1.165) is 16.2 Å². The molecule has 126 valence electrons. The van der Waals surface area contributed by atoms with E-state index < -0.39 is 18.5 Å². The normalized spacial score (nSPS) is 13.4. The zero-order chi connectivity index (χ0) is 17.4. The standard InChI is InChI=1S/C21H15F3O/c22-21(23,24)12-18(19-13-25-20-11-4-3-9-17(19)20)16-10-5-7-14-6-1-2-8-15(14)16/h1-11,13,18H,12H2/t18-/m1/s1. The first-order chi connectivity index (χ1) is 12.0. The molecule has 4 heteroatoms. The number of para-hydroxylation sites is 1. The number of hydrogen-bond donors (Lipinski definition) is 0. The lowest BCUT2D eigenvalue weighted by Crippen LogP contribution is -2.15. The Morgan fingerprint density at radius 3 is 2.24 bits per heavy atom. The maximum absolute atomic E-state index is 13.4. The van der Waals surface area contributed by atoms with Gasteiger partial charge in [-0.3, -0.25) is 0 Å². The zero-order valence-corrected chi connectivity index (χ0v) is 13.3. The second-order valence-corrected chi connectivity index (χ2v) is 6.13. The van der Waals surface area contributed by atoms with Crippen molar-refractivity contribution in [3.63, 3.8) is 0 Å². The van der Waals surface area contributed by atoms with Gasteiger partial charge in [0, 0.05) is 16.9 Å². The predicted molar refractivity (Wildman–Crippen MR) is 92.7 cm³/mol. The van der Waals surface area contributed by atoms with Crippen molar-refractivity contribution in [1.82, 2.24) is 0 Å². The summed E-state index contributed by atoms with van der Waals surface area (Å²) in [7, 11) is 0. The largest absolute Gasteiger partial charge is 0.464 e. The molecule has 1 nitrogen and oxygen atoms in total. The molecule has 0 amide bonds. The van der Waals surface area contributed by atoms with E-state index in [1.54, 1.807) is 12.1 Å². The molecule has 1 atom stereocenters. The summed E-state index contributed by atoms with van der Waals surface area (Å²) in [6, 6.07) is 20.2. The van der Waals surface area contributed by atoms with Crippen molar-refractivity contribution in [2.45, 2.75) is 18.5 Å². The van der Waals surface area contributed by atoms with E-state index in [1.165, 1.54) is 6.26 Å². The third-order valence-electron chi connectivity index (χ3n) is 4.52. The van der Waals surface area contributed by atoms with E-state index >= 15 is 0 Å². The first kappa shape index (κ1) is 15.8. The van der Waals surface area contributed by atoms with Gasteiger partial charge in [-0.25, -0.2) is 0 Å². The third kappa shape index (κ3) is 3.00. The lowest BCUT2D eigenvalue weighted by molar-refractivity contribution is -0.136. The molecule has 0 spiro atoms. The molecule has 0 saturated carbocycles. The van der Waals surface area contributed by atoms with Gasteiger partial charge in [0.05, 0.1) is 12.7 Å². The molecule has 1 heterocycles. The molecule has 0 unspecified atom stereocenters. The maximum Gasteiger partial charge on any atom is 0.390 e. The van der Waals surface area contributed by atoms with Crippen LogP contribution in [0, 0.1) is 0 Å². The Balaban J connectivity index is 1.95. The van der Waals surface area contributed by atoms with Crippen molar-refractivity contribution < 1.29 is 17.6 Å². The van der Waals surface area contributed by atoms with Gasteiger partial charge in [0.15, 0.2) is 0 Å². The van der Waals surface area contributed by atoms with E-state index in [-0.39, 0.29) is 0 Å². The molecule has 0 radical (unpaired) electrons. The average Bonchev–Trinajstić information content (AvgIpc) is 3.02. The second kappa shape index (κ2) is 5.96. The summed E-state index contributed by atoms with van der Waals surface area (Å²) in [5.41, 5.74) is 1.84. The van der Waals surface area contributed by atoms with Gasteiger partial charge in [-0.15, -0.1) is 0 Å². The fourth-order valence-electron chi connectivity index (χ4n) is 3.44. The van der Waals surface area contributed by atoms with Crippen molar-refractivity contribution in [3.8, 4) is 0 Å². The summed E-state index contributed by atoms with van der Waals surface area (Å²) in [6.07, 6.45) is -3.74. The lowest BCUT2D eigenvalue weighted by atomic mass is 9.85. The summed E-state index contributed by atoms with van der Waals surface area (Å²) >= 11 is 0. The maximum atomic E-state index is 13.4. The van der Waals surface area contributed by atoms with Gasteiger partial charge in [0.2, 0.25) is 0 Å². The van der Waals surface area contributed by atoms with Crippen LogP contribution in [0.4, 0.5) is 13.2 Å². The van der Waals surface area contributed by atoms with Crippen LogP contribution in [0.5, 0.6) is 0 Å². The monoisotopic (exact) mass is 340 g/mol. The van der Waals surface area contributed by atoms with Gasteiger partial charge in [0.1, 0.15) is 5.58 Å².